The van der Waals surface area contributed by atoms with Crippen LogP contribution in [0.15, 0.2) is 28.8 Å². The maximum absolute atomic E-state index is 12.7. The molecule has 7 heteroatoms. The Morgan fingerprint density at radius 2 is 1.64 bits per heavy atom. The van der Waals surface area contributed by atoms with E-state index in [0.717, 1.165) is 0 Å². The SMILES string of the molecule is COc1ccccc1C(=O)N1CCN(C(=O)c2c(C)noc2C)CC1. The Kier molecular flexibility index (Phi) is 4.74. The Morgan fingerprint density at radius 3 is 2.20 bits per heavy atom. The Labute approximate surface area is 146 Å². The Bertz CT molecular complexity index is 772. The van der Waals surface area contributed by atoms with Gasteiger partial charge >= 0.3 is 0 Å². The monoisotopic (exact) mass is 343 g/mol. The highest BCUT2D eigenvalue weighted by molar-refractivity contribution is 5.98. The molecule has 0 atom stereocenters. The van der Waals surface area contributed by atoms with Crippen molar-refractivity contribution < 1.29 is 18.8 Å². The fourth-order valence-electron chi connectivity index (χ4n) is 3.05. The molecule has 2 heterocycles. The molecule has 1 aliphatic rings. The first-order valence-electron chi connectivity index (χ1n) is 8.17. The van der Waals surface area contributed by atoms with Crippen LogP contribution in [-0.4, -0.2) is 60.1 Å². The average molecular weight is 343 g/mol. The third-order valence-corrected chi connectivity index (χ3v) is 4.44. The van der Waals surface area contributed by atoms with Crippen LogP contribution in [0, 0.1) is 13.8 Å². The van der Waals surface area contributed by atoms with Crippen LogP contribution in [0.4, 0.5) is 0 Å². The number of benzene rings is 1. The van der Waals surface area contributed by atoms with E-state index >= 15 is 0 Å². The van der Waals surface area contributed by atoms with Crippen LogP contribution < -0.4 is 4.74 Å². The van der Waals surface area contributed by atoms with Crippen LogP contribution in [0.2, 0.25) is 0 Å². The summed E-state index contributed by atoms with van der Waals surface area (Å²) in [5, 5.41) is 3.83. The molecular formula is C18H21N3O4. The number of hydrogen-bond acceptors (Lipinski definition) is 5. The zero-order valence-electron chi connectivity index (χ0n) is 14.6. The molecule has 0 bridgehead atoms. The molecule has 0 N–H and O–H groups in total. The fourth-order valence-corrected chi connectivity index (χ4v) is 3.05. The first-order chi connectivity index (χ1) is 12.0. The lowest BCUT2D eigenvalue weighted by molar-refractivity contribution is 0.0532. The summed E-state index contributed by atoms with van der Waals surface area (Å²) in [5.74, 6) is 0.902. The van der Waals surface area contributed by atoms with Crippen molar-refractivity contribution in [1.29, 1.82) is 0 Å². The van der Waals surface area contributed by atoms with Crippen LogP contribution in [0.25, 0.3) is 0 Å². The van der Waals surface area contributed by atoms with Crippen molar-refractivity contribution in [3.05, 3.63) is 46.8 Å². The molecule has 1 saturated heterocycles. The van der Waals surface area contributed by atoms with Crippen LogP contribution in [0.1, 0.15) is 32.2 Å². The molecule has 0 unspecified atom stereocenters. The van der Waals surface area contributed by atoms with Gasteiger partial charge in [-0.05, 0) is 26.0 Å². The summed E-state index contributed by atoms with van der Waals surface area (Å²) < 4.78 is 10.3. The molecule has 7 nitrogen and oxygen atoms in total. The van der Waals surface area contributed by atoms with Gasteiger partial charge in [0.25, 0.3) is 11.8 Å². The lowest BCUT2D eigenvalue weighted by atomic mass is 10.1. The number of amides is 2. The lowest BCUT2D eigenvalue weighted by Crippen LogP contribution is -2.50. The van der Waals surface area contributed by atoms with Gasteiger partial charge in [-0.25, -0.2) is 0 Å². The van der Waals surface area contributed by atoms with E-state index in [-0.39, 0.29) is 11.8 Å². The highest BCUT2D eigenvalue weighted by Crippen LogP contribution is 2.21. The minimum atomic E-state index is -0.0966. The minimum Gasteiger partial charge on any atom is -0.496 e. The molecular weight excluding hydrogens is 322 g/mol. The van der Waals surface area contributed by atoms with Gasteiger partial charge in [0, 0.05) is 26.2 Å². The van der Waals surface area contributed by atoms with E-state index < -0.39 is 0 Å². The van der Waals surface area contributed by atoms with Gasteiger partial charge in [-0.3, -0.25) is 9.59 Å². The second kappa shape index (κ2) is 6.96. The van der Waals surface area contributed by atoms with Crippen molar-refractivity contribution in [1.82, 2.24) is 15.0 Å². The zero-order chi connectivity index (χ0) is 18.0. The molecule has 132 valence electrons. The summed E-state index contributed by atoms with van der Waals surface area (Å²) >= 11 is 0. The number of aryl methyl sites for hydroxylation is 2. The van der Waals surface area contributed by atoms with E-state index in [1.165, 1.54) is 0 Å². The van der Waals surface area contributed by atoms with Crippen molar-refractivity contribution in [2.24, 2.45) is 0 Å². The average Bonchev–Trinajstić information content (AvgIpc) is 2.99. The molecule has 1 fully saturated rings. The van der Waals surface area contributed by atoms with Gasteiger partial charge in [-0.2, -0.15) is 0 Å². The summed E-state index contributed by atoms with van der Waals surface area (Å²) in [6.07, 6.45) is 0. The predicted octanol–water partition coefficient (Wildman–Crippen LogP) is 1.90. The van der Waals surface area contributed by atoms with Gasteiger partial charge in [-0.15, -0.1) is 0 Å². The summed E-state index contributed by atoms with van der Waals surface area (Å²) in [6, 6.07) is 7.16. The first-order valence-corrected chi connectivity index (χ1v) is 8.17. The van der Waals surface area contributed by atoms with Crippen molar-refractivity contribution >= 4 is 11.8 Å². The predicted molar refractivity (Wildman–Crippen MR) is 90.8 cm³/mol. The Hall–Kier alpha value is -2.83. The molecule has 3 rings (SSSR count). The second-order valence-corrected chi connectivity index (χ2v) is 5.98. The topological polar surface area (TPSA) is 75.9 Å². The standard InChI is InChI=1S/C18H21N3O4/c1-12-16(13(2)25-19-12)18(23)21-10-8-20(9-11-21)17(22)14-6-4-5-7-15(14)24-3/h4-7H,8-11H2,1-3H3. The van der Waals surface area contributed by atoms with E-state index in [1.807, 2.05) is 12.1 Å². The molecule has 2 amide bonds. The molecule has 0 radical (unpaired) electrons. The van der Waals surface area contributed by atoms with E-state index in [9.17, 15) is 9.59 Å². The van der Waals surface area contributed by atoms with Gasteiger partial charge in [-0.1, -0.05) is 17.3 Å². The highest BCUT2D eigenvalue weighted by Gasteiger charge is 2.29. The maximum Gasteiger partial charge on any atom is 0.259 e. The molecule has 0 saturated carbocycles. The van der Waals surface area contributed by atoms with Crippen molar-refractivity contribution in [3.8, 4) is 5.75 Å². The number of methoxy groups -OCH3 is 1. The van der Waals surface area contributed by atoms with Gasteiger partial charge < -0.3 is 19.1 Å². The molecule has 1 aliphatic heterocycles. The van der Waals surface area contributed by atoms with E-state index in [0.29, 0.717) is 54.5 Å². The van der Waals surface area contributed by atoms with Gasteiger partial charge in [0.2, 0.25) is 0 Å². The van der Waals surface area contributed by atoms with Gasteiger partial charge in [0.1, 0.15) is 17.1 Å². The number of ether oxygens (including phenoxy) is 1. The molecule has 0 spiro atoms. The number of nitrogens with zero attached hydrogens (tertiary/aromatic N) is 3. The number of para-hydroxylation sites is 1. The number of hydrogen-bond donors (Lipinski definition) is 0. The van der Waals surface area contributed by atoms with Crippen molar-refractivity contribution in [3.63, 3.8) is 0 Å². The van der Waals surface area contributed by atoms with E-state index in [2.05, 4.69) is 5.16 Å². The third-order valence-electron chi connectivity index (χ3n) is 4.44. The van der Waals surface area contributed by atoms with E-state index in [4.69, 9.17) is 9.26 Å². The lowest BCUT2D eigenvalue weighted by Gasteiger charge is -2.35. The molecule has 1 aromatic heterocycles. The largest absolute Gasteiger partial charge is 0.496 e. The van der Waals surface area contributed by atoms with Gasteiger partial charge in [0.05, 0.1) is 18.4 Å². The second-order valence-electron chi connectivity index (χ2n) is 5.98. The van der Waals surface area contributed by atoms with Crippen molar-refractivity contribution in [2.75, 3.05) is 33.3 Å². The van der Waals surface area contributed by atoms with Crippen LogP contribution in [-0.2, 0) is 0 Å². The quantitative estimate of drug-likeness (QED) is 0.851. The number of carbonyl (C=O) groups excluding carboxylic acids is 2. The number of piperazine rings is 1. The van der Waals surface area contributed by atoms with Gasteiger partial charge in [0.15, 0.2) is 0 Å². The number of aromatic nitrogens is 1. The van der Waals surface area contributed by atoms with Crippen LogP contribution in [0.3, 0.4) is 0 Å². The zero-order valence-corrected chi connectivity index (χ0v) is 14.6. The van der Waals surface area contributed by atoms with Crippen molar-refractivity contribution in [2.45, 2.75) is 13.8 Å². The maximum atomic E-state index is 12.7. The fraction of sp³-hybridized carbons (Fsp3) is 0.389. The highest BCUT2D eigenvalue weighted by atomic mass is 16.5. The Morgan fingerprint density at radius 1 is 1.04 bits per heavy atom. The molecule has 25 heavy (non-hydrogen) atoms. The first kappa shape index (κ1) is 17.0. The normalized spacial score (nSPS) is 14.5. The molecule has 0 aliphatic carbocycles. The summed E-state index contributed by atoms with van der Waals surface area (Å²) in [7, 11) is 1.55. The van der Waals surface area contributed by atoms with E-state index in [1.54, 1.807) is 42.9 Å². The van der Waals surface area contributed by atoms with Crippen LogP contribution in [0.5, 0.6) is 5.75 Å². The Balaban J connectivity index is 1.68. The summed E-state index contributed by atoms with van der Waals surface area (Å²) in [6.45, 7) is 5.39. The minimum absolute atomic E-state index is 0.0816. The molecule has 2 aromatic rings. The molecule has 1 aromatic carbocycles. The third kappa shape index (κ3) is 3.22. The summed E-state index contributed by atoms with van der Waals surface area (Å²) in [5.41, 5.74) is 1.65. The van der Waals surface area contributed by atoms with Crippen LogP contribution >= 0.6 is 0 Å². The summed E-state index contributed by atoms with van der Waals surface area (Å²) in [4.78, 5) is 28.8. The smallest absolute Gasteiger partial charge is 0.259 e. The number of rotatable bonds is 3. The number of carbonyl (C=O) groups is 2.